The maximum absolute atomic E-state index is 14.1. The first kappa shape index (κ1) is 29.9. The Balaban J connectivity index is 1.32. The summed E-state index contributed by atoms with van der Waals surface area (Å²) in [5.41, 5.74) is -3.52. The standard InChI is InChI=1S/C28H37F3N4O5/c1-33(2)25(36)22-8-9-23(32-24(22)40-4)34-12-10-18(11-13-34)14-19-16-35(17-19)26(37)27(38,28(29,30)31)20-6-5-7-21(15-20)39-3/h5-9,15,18-19,26,37-38H,10-14,16-17H2,1-4H3/t26?,27-/m1/s1. The van der Waals surface area contributed by atoms with E-state index in [2.05, 4.69) is 9.88 Å². The van der Waals surface area contributed by atoms with Crippen LogP contribution in [0.1, 0.15) is 35.2 Å². The summed E-state index contributed by atoms with van der Waals surface area (Å²) in [5, 5.41) is 21.5. The normalized spacial score (nSPS) is 19.5. The number of nitrogens with zero attached hydrogens (tertiary/aromatic N) is 4. The van der Waals surface area contributed by atoms with E-state index in [9.17, 15) is 28.2 Å². The van der Waals surface area contributed by atoms with Crippen LogP contribution in [0.2, 0.25) is 0 Å². The van der Waals surface area contributed by atoms with Crippen molar-refractivity contribution in [2.75, 3.05) is 59.4 Å². The van der Waals surface area contributed by atoms with Gasteiger partial charge in [0, 0.05) is 45.8 Å². The van der Waals surface area contributed by atoms with Crippen molar-refractivity contribution in [3.63, 3.8) is 0 Å². The second-order valence-corrected chi connectivity index (χ2v) is 10.8. The number of rotatable bonds is 9. The van der Waals surface area contributed by atoms with Crippen LogP contribution in [-0.2, 0) is 5.60 Å². The Labute approximate surface area is 232 Å². The molecular formula is C28H37F3N4O5. The van der Waals surface area contributed by atoms with E-state index in [0.717, 1.165) is 50.3 Å². The van der Waals surface area contributed by atoms with Crippen molar-refractivity contribution in [2.45, 2.75) is 37.3 Å². The molecule has 1 unspecified atom stereocenters. The van der Waals surface area contributed by atoms with E-state index in [-0.39, 0.29) is 36.5 Å². The molecule has 3 heterocycles. The number of aliphatic hydroxyl groups is 2. The van der Waals surface area contributed by atoms with Gasteiger partial charge in [0.1, 0.15) is 23.4 Å². The molecule has 220 valence electrons. The molecule has 9 nitrogen and oxygen atoms in total. The molecule has 0 bridgehead atoms. The minimum absolute atomic E-state index is 0.128. The van der Waals surface area contributed by atoms with Crippen molar-refractivity contribution in [1.29, 1.82) is 0 Å². The van der Waals surface area contributed by atoms with E-state index >= 15 is 0 Å². The third kappa shape index (κ3) is 5.84. The van der Waals surface area contributed by atoms with Gasteiger partial charge in [-0.05, 0) is 55.4 Å². The number of halogens is 3. The van der Waals surface area contributed by atoms with Gasteiger partial charge in [-0.15, -0.1) is 0 Å². The largest absolute Gasteiger partial charge is 0.497 e. The first-order valence-corrected chi connectivity index (χ1v) is 13.3. The molecule has 0 spiro atoms. The van der Waals surface area contributed by atoms with Crippen molar-refractivity contribution in [3.8, 4) is 11.6 Å². The lowest BCUT2D eigenvalue weighted by atomic mass is 9.81. The van der Waals surface area contributed by atoms with E-state index in [4.69, 9.17) is 9.47 Å². The predicted molar refractivity (Wildman–Crippen MR) is 142 cm³/mol. The van der Waals surface area contributed by atoms with E-state index in [1.54, 1.807) is 20.2 Å². The lowest BCUT2D eigenvalue weighted by Crippen LogP contribution is -2.64. The van der Waals surface area contributed by atoms with Crippen molar-refractivity contribution < 1.29 is 37.7 Å². The van der Waals surface area contributed by atoms with Crippen LogP contribution in [0.15, 0.2) is 36.4 Å². The number of benzene rings is 1. The average Bonchev–Trinajstić information content (AvgIpc) is 2.92. The molecule has 4 rings (SSSR count). The quantitative estimate of drug-likeness (QED) is 0.478. The molecule has 0 radical (unpaired) electrons. The molecule has 1 amide bonds. The second kappa shape index (κ2) is 11.8. The minimum Gasteiger partial charge on any atom is -0.497 e. The molecule has 1 aromatic carbocycles. The minimum atomic E-state index is -5.09. The summed E-state index contributed by atoms with van der Waals surface area (Å²) in [6.45, 7) is 2.04. The highest BCUT2D eigenvalue weighted by Gasteiger charge is 2.62. The van der Waals surface area contributed by atoms with Crippen LogP contribution < -0.4 is 14.4 Å². The number of likely N-dealkylation sites (tertiary alicyclic amines) is 1. The number of hydrogen-bond donors (Lipinski definition) is 2. The number of ether oxygens (including phenoxy) is 2. The van der Waals surface area contributed by atoms with Crippen LogP contribution in [0.25, 0.3) is 0 Å². The number of carbonyl (C=O) groups excluding carboxylic acids is 1. The number of carbonyl (C=O) groups is 1. The van der Waals surface area contributed by atoms with Crippen molar-refractivity contribution >= 4 is 11.7 Å². The van der Waals surface area contributed by atoms with E-state index < -0.39 is 23.6 Å². The zero-order valence-electron chi connectivity index (χ0n) is 23.2. The SMILES string of the molecule is COc1cccc([C@@](O)(C(O)N2CC(CC3CCN(c4ccc(C(=O)N(C)C)c(OC)n4)CC3)C2)C(F)(F)F)c1. The van der Waals surface area contributed by atoms with Gasteiger partial charge in [-0.25, -0.2) is 0 Å². The maximum atomic E-state index is 14.1. The number of anilines is 1. The van der Waals surface area contributed by atoms with Crippen LogP contribution in [-0.4, -0.2) is 97.8 Å². The second-order valence-electron chi connectivity index (χ2n) is 10.8. The number of alkyl halides is 3. The van der Waals surface area contributed by atoms with Gasteiger partial charge in [0.05, 0.1) is 14.2 Å². The molecule has 0 saturated carbocycles. The number of aromatic nitrogens is 1. The average molecular weight is 567 g/mol. The van der Waals surface area contributed by atoms with E-state index in [1.165, 1.54) is 36.2 Å². The van der Waals surface area contributed by atoms with Gasteiger partial charge >= 0.3 is 6.18 Å². The third-order valence-electron chi connectivity index (χ3n) is 7.93. The van der Waals surface area contributed by atoms with Gasteiger partial charge in [-0.3, -0.25) is 9.69 Å². The Kier molecular flexibility index (Phi) is 8.81. The topological polar surface area (TPSA) is 98.6 Å². The van der Waals surface area contributed by atoms with Gasteiger partial charge in [0.15, 0.2) is 0 Å². The van der Waals surface area contributed by atoms with Crippen LogP contribution in [0.4, 0.5) is 19.0 Å². The smallest absolute Gasteiger partial charge is 0.425 e. The van der Waals surface area contributed by atoms with Crippen LogP contribution >= 0.6 is 0 Å². The summed E-state index contributed by atoms with van der Waals surface area (Å²) < 4.78 is 52.6. The van der Waals surface area contributed by atoms with Gasteiger partial charge < -0.3 is 29.5 Å². The molecule has 2 aliphatic heterocycles. The molecule has 40 heavy (non-hydrogen) atoms. The highest BCUT2D eigenvalue weighted by Crippen LogP contribution is 2.45. The van der Waals surface area contributed by atoms with Gasteiger partial charge in [-0.2, -0.15) is 18.2 Å². The monoisotopic (exact) mass is 566 g/mol. The number of hydrogen-bond acceptors (Lipinski definition) is 8. The highest BCUT2D eigenvalue weighted by molar-refractivity contribution is 5.96. The number of piperidine rings is 1. The predicted octanol–water partition coefficient (Wildman–Crippen LogP) is 3.11. The Morgan fingerprint density at radius 1 is 1.10 bits per heavy atom. The molecular weight excluding hydrogens is 529 g/mol. The first-order chi connectivity index (χ1) is 18.9. The summed E-state index contributed by atoms with van der Waals surface area (Å²) in [7, 11) is 6.14. The Hall–Kier alpha value is -3.09. The summed E-state index contributed by atoms with van der Waals surface area (Å²) in [5.74, 6) is 1.49. The molecule has 2 saturated heterocycles. The zero-order valence-corrected chi connectivity index (χ0v) is 23.2. The lowest BCUT2D eigenvalue weighted by Gasteiger charge is -2.49. The molecule has 12 heteroatoms. The van der Waals surface area contributed by atoms with E-state index in [0.29, 0.717) is 11.5 Å². The number of methoxy groups -OCH3 is 2. The van der Waals surface area contributed by atoms with Gasteiger partial charge in [0.2, 0.25) is 11.5 Å². The van der Waals surface area contributed by atoms with Crippen molar-refractivity contribution in [3.05, 3.63) is 47.5 Å². The first-order valence-electron chi connectivity index (χ1n) is 13.3. The summed E-state index contributed by atoms with van der Waals surface area (Å²) in [4.78, 5) is 21.8. The van der Waals surface area contributed by atoms with Crippen LogP contribution in [0.5, 0.6) is 11.6 Å². The molecule has 2 atom stereocenters. The zero-order chi connectivity index (χ0) is 29.2. The Morgan fingerprint density at radius 3 is 2.35 bits per heavy atom. The molecule has 2 N–H and O–H groups in total. The number of pyridine rings is 1. The maximum Gasteiger partial charge on any atom is 0.425 e. The molecule has 2 aromatic rings. The van der Waals surface area contributed by atoms with Gasteiger partial charge in [-0.1, -0.05) is 12.1 Å². The Morgan fingerprint density at radius 2 is 1.77 bits per heavy atom. The summed E-state index contributed by atoms with van der Waals surface area (Å²) in [6.07, 6.45) is -4.63. The highest BCUT2D eigenvalue weighted by atomic mass is 19.4. The molecule has 2 aliphatic rings. The fourth-order valence-electron chi connectivity index (χ4n) is 5.58. The summed E-state index contributed by atoms with van der Waals surface area (Å²) in [6, 6.07) is 8.60. The summed E-state index contributed by atoms with van der Waals surface area (Å²) >= 11 is 0. The van der Waals surface area contributed by atoms with E-state index in [1.807, 2.05) is 6.07 Å². The van der Waals surface area contributed by atoms with Crippen molar-refractivity contribution in [1.82, 2.24) is 14.8 Å². The molecule has 0 aliphatic carbocycles. The van der Waals surface area contributed by atoms with Crippen LogP contribution in [0.3, 0.4) is 0 Å². The molecule has 2 fully saturated rings. The fraction of sp³-hybridized carbons (Fsp3) is 0.571. The fourth-order valence-corrected chi connectivity index (χ4v) is 5.58. The lowest BCUT2D eigenvalue weighted by molar-refractivity contribution is -0.326. The Bertz CT molecular complexity index is 1180. The molecule has 1 aromatic heterocycles. The van der Waals surface area contributed by atoms with Gasteiger partial charge in [0.25, 0.3) is 5.91 Å². The van der Waals surface area contributed by atoms with Crippen LogP contribution in [0, 0.1) is 11.8 Å². The number of amides is 1. The third-order valence-corrected chi connectivity index (χ3v) is 7.93. The van der Waals surface area contributed by atoms with Crippen molar-refractivity contribution in [2.24, 2.45) is 11.8 Å². The number of aliphatic hydroxyl groups excluding tert-OH is 1.